The highest BCUT2D eigenvalue weighted by Crippen LogP contribution is 2.31. The summed E-state index contributed by atoms with van der Waals surface area (Å²) in [7, 11) is 0. The molecule has 18 heavy (non-hydrogen) atoms. The Kier molecular flexibility index (Phi) is 3.34. The first-order chi connectivity index (χ1) is 8.61. The van der Waals surface area contributed by atoms with E-state index in [1.54, 1.807) is 0 Å². The van der Waals surface area contributed by atoms with Crippen molar-refractivity contribution >= 4 is 15.9 Å². The average Bonchev–Trinajstić information content (AvgIpc) is 2.65. The first-order valence-electron chi connectivity index (χ1n) is 6.47. The van der Waals surface area contributed by atoms with Gasteiger partial charge in [0.05, 0.1) is 12.2 Å². The summed E-state index contributed by atoms with van der Waals surface area (Å²) < 4.78 is 6.86. The van der Waals surface area contributed by atoms with E-state index in [0.29, 0.717) is 18.0 Å². The highest BCUT2D eigenvalue weighted by molar-refractivity contribution is 9.10. The Morgan fingerprint density at radius 2 is 2.00 bits per heavy atom. The van der Waals surface area contributed by atoms with Gasteiger partial charge in [-0.25, -0.2) is 0 Å². The Labute approximate surface area is 116 Å². The van der Waals surface area contributed by atoms with Crippen molar-refractivity contribution < 1.29 is 9.84 Å². The number of hydrogen-bond donors (Lipinski definition) is 1. The zero-order chi connectivity index (χ0) is 12.7. The molecule has 3 nitrogen and oxygen atoms in total. The van der Waals surface area contributed by atoms with Gasteiger partial charge in [-0.3, -0.25) is 4.90 Å². The molecular weight excluding hydrogens is 294 g/mol. The van der Waals surface area contributed by atoms with Crippen molar-refractivity contribution in [1.82, 2.24) is 4.90 Å². The highest BCUT2D eigenvalue weighted by Gasteiger charge is 2.33. The van der Waals surface area contributed by atoms with E-state index in [-0.39, 0.29) is 0 Å². The molecule has 3 rings (SSSR count). The average molecular weight is 312 g/mol. The zero-order valence-corrected chi connectivity index (χ0v) is 12.1. The lowest BCUT2D eigenvalue weighted by Crippen LogP contribution is -2.41. The lowest BCUT2D eigenvalue weighted by molar-refractivity contribution is -0.0412. The Morgan fingerprint density at radius 3 is 2.67 bits per heavy atom. The molecule has 0 spiro atoms. The Balaban J connectivity index is 1.76. The minimum absolute atomic E-state index is 0.402. The van der Waals surface area contributed by atoms with Crippen LogP contribution in [0.25, 0.3) is 0 Å². The molecule has 2 unspecified atom stereocenters. The Morgan fingerprint density at radius 1 is 1.33 bits per heavy atom. The van der Waals surface area contributed by atoms with Gasteiger partial charge in [0.25, 0.3) is 0 Å². The smallest absolute Gasteiger partial charge is 0.123 e. The number of phenols is 1. The van der Waals surface area contributed by atoms with Gasteiger partial charge >= 0.3 is 0 Å². The van der Waals surface area contributed by atoms with Gasteiger partial charge in [0.2, 0.25) is 0 Å². The van der Waals surface area contributed by atoms with Gasteiger partial charge in [-0.15, -0.1) is 0 Å². The molecular formula is C14H18BrNO2. The largest absolute Gasteiger partial charge is 0.507 e. The zero-order valence-electron chi connectivity index (χ0n) is 10.5. The van der Waals surface area contributed by atoms with E-state index in [1.165, 1.54) is 12.8 Å². The molecule has 1 N–H and O–H groups in total. The first-order valence-corrected chi connectivity index (χ1v) is 7.27. The molecule has 2 bridgehead atoms. The van der Waals surface area contributed by atoms with E-state index < -0.39 is 0 Å². The Bertz CT molecular complexity index is 451. The maximum Gasteiger partial charge on any atom is 0.123 e. The molecule has 2 aliphatic heterocycles. The van der Waals surface area contributed by atoms with Gasteiger partial charge in [0.1, 0.15) is 5.75 Å². The number of benzene rings is 1. The van der Waals surface area contributed by atoms with Crippen LogP contribution in [0, 0.1) is 6.92 Å². The SMILES string of the molecule is Cc1cc(Br)cc(CN2CC3CCC(C2)O3)c1O. The molecule has 98 valence electrons. The Hall–Kier alpha value is -0.580. The van der Waals surface area contributed by atoms with Gasteiger partial charge in [0, 0.05) is 29.7 Å². The summed E-state index contributed by atoms with van der Waals surface area (Å²) in [6, 6.07) is 3.96. The molecule has 2 heterocycles. The number of hydrogen-bond acceptors (Lipinski definition) is 3. The molecule has 4 heteroatoms. The first kappa shape index (κ1) is 12.5. The van der Waals surface area contributed by atoms with Crippen molar-refractivity contribution in [3.8, 4) is 5.75 Å². The molecule has 0 aliphatic carbocycles. The number of fused-ring (bicyclic) bond motifs is 2. The summed E-state index contributed by atoms with van der Waals surface area (Å²) in [4.78, 5) is 2.40. The highest BCUT2D eigenvalue weighted by atomic mass is 79.9. The molecule has 2 atom stereocenters. The minimum Gasteiger partial charge on any atom is -0.507 e. The van der Waals surface area contributed by atoms with Crippen molar-refractivity contribution in [3.63, 3.8) is 0 Å². The third-order valence-electron chi connectivity index (χ3n) is 3.86. The van der Waals surface area contributed by atoms with Crippen molar-refractivity contribution in [2.45, 2.75) is 38.5 Å². The fraction of sp³-hybridized carbons (Fsp3) is 0.571. The summed E-state index contributed by atoms with van der Waals surface area (Å²) >= 11 is 3.49. The molecule has 2 aliphatic rings. The van der Waals surface area contributed by atoms with Crippen LogP contribution in [0.3, 0.4) is 0 Å². The number of likely N-dealkylation sites (tertiary alicyclic amines) is 1. The van der Waals surface area contributed by atoms with Crippen LogP contribution in [0.4, 0.5) is 0 Å². The van der Waals surface area contributed by atoms with Crippen LogP contribution in [-0.2, 0) is 11.3 Å². The number of aryl methyl sites for hydroxylation is 1. The summed E-state index contributed by atoms with van der Waals surface area (Å²) in [5.41, 5.74) is 1.93. The number of nitrogens with zero attached hydrogens (tertiary/aromatic N) is 1. The number of phenolic OH excluding ortho intramolecular Hbond substituents is 1. The van der Waals surface area contributed by atoms with E-state index in [0.717, 1.165) is 35.2 Å². The van der Waals surface area contributed by atoms with Crippen molar-refractivity contribution in [1.29, 1.82) is 0 Å². The number of morpholine rings is 1. The molecule has 2 saturated heterocycles. The molecule has 0 saturated carbocycles. The van der Waals surface area contributed by atoms with Crippen LogP contribution in [-0.4, -0.2) is 35.3 Å². The molecule has 0 amide bonds. The van der Waals surface area contributed by atoms with E-state index in [2.05, 4.69) is 20.8 Å². The fourth-order valence-corrected chi connectivity index (χ4v) is 3.61. The van der Waals surface area contributed by atoms with Crippen molar-refractivity contribution in [2.24, 2.45) is 0 Å². The fourth-order valence-electron chi connectivity index (χ4n) is 2.99. The van der Waals surface area contributed by atoms with Crippen LogP contribution in [0.1, 0.15) is 24.0 Å². The quantitative estimate of drug-likeness (QED) is 0.911. The molecule has 0 radical (unpaired) electrons. The van der Waals surface area contributed by atoms with Crippen LogP contribution < -0.4 is 0 Å². The maximum absolute atomic E-state index is 10.1. The maximum atomic E-state index is 10.1. The third-order valence-corrected chi connectivity index (χ3v) is 4.32. The number of ether oxygens (including phenoxy) is 1. The molecule has 0 aromatic heterocycles. The predicted molar refractivity (Wildman–Crippen MR) is 73.7 cm³/mol. The summed E-state index contributed by atoms with van der Waals surface area (Å²) in [6.07, 6.45) is 3.17. The lowest BCUT2D eigenvalue weighted by Gasteiger charge is -2.32. The second-order valence-electron chi connectivity index (χ2n) is 5.38. The molecule has 2 fully saturated rings. The normalized spacial score (nSPS) is 27.7. The van der Waals surface area contributed by atoms with Crippen LogP contribution in [0.5, 0.6) is 5.75 Å². The summed E-state index contributed by atoms with van der Waals surface area (Å²) in [5, 5.41) is 10.1. The van der Waals surface area contributed by atoms with Gasteiger partial charge in [0.15, 0.2) is 0 Å². The number of aromatic hydroxyl groups is 1. The second-order valence-corrected chi connectivity index (χ2v) is 6.30. The van der Waals surface area contributed by atoms with Gasteiger partial charge in [-0.1, -0.05) is 15.9 Å². The van der Waals surface area contributed by atoms with E-state index >= 15 is 0 Å². The van der Waals surface area contributed by atoms with Crippen LogP contribution >= 0.6 is 15.9 Å². The second kappa shape index (κ2) is 4.83. The predicted octanol–water partition coefficient (Wildman–Crippen LogP) is 2.83. The molecule has 1 aromatic carbocycles. The third kappa shape index (κ3) is 2.42. The van der Waals surface area contributed by atoms with Gasteiger partial charge < -0.3 is 9.84 Å². The summed E-state index contributed by atoms with van der Waals surface area (Å²) in [5.74, 6) is 0.428. The standard InChI is InChI=1S/C14H18BrNO2/c1-9-4-11(15)5-10(14(9)17)6-16-7-12-2-3-13(8-16)18-12/h4-5,12-13,17H,2-3,6-8H2,1H3. The lowest BCUT2D eigenvalue weighted by atomic mass is 10.1. The van der Waals surface area contributed by atoms with E-state index in [1.807, 2.05) is 19.1 Å². The monoisotopic (exact) mass is 311 g/mol. The topological polar surface area (TPSA) is 32.7 Å². The van der Waals surface area contributed by atoms with Crippen LogP contribution in [0.15, 0.2) is 16.6 Å². The van der Waals surface area contributed by atoms with Crippen molar-refractivity contribution in [2.75, 3.05) is 13.1 Å². The van der Waals surface area contributed by atoms with Crippen LogP contribution in [0.2, 0.25) is 0 Å². The number of rotatable bonds is 2. The minimum atomic E-state index is 0.402. The van der Waals surface area contributed by atoms with Gasteiger partial charge in [-0.2, -0.15) is 0 Å². The van der Waals surface area contributed by atoms with E-state index in [4.69, 9.17) is 4.74 Å². The summed E-state index contributed by atoms with van der Waals surface area (Å²) in [6.45, 7) is 4.72. The molecule has 1 aromatic rings. The number of halogens is 1. The van der Waals surface area contributed by atoms with E-state index in [9.17, 15) is 5.11 Å². The van der Waals surface area contributed by atoms with Gasteiger partial charge in [-0.05, 0) is 37.5 Å². The van der Waals surface area contributed by atoms with Crippen molar-refractivity contribution in [3.05, 3.63) is 27.7 Å².